The summed E-state index contributed by atoms with van der Waals surface area (Å²) in [5, 5.41) is -0.510. The number of amides is 1. The number of hydrogen-bond acceptors (Lipinski definition) is 7. The van der Waals surface area contributed by atoms with Gasteiger partial charge in [0.15, 0.2) is 14.2 Å². The van der Waals surface area contributed by atoms with Crippen LogP contribution in [0.3, 0.4) is 0 Å². The summed E-state index contributed by atoms with van der Waals surface area (Å²) in [5.74, 6) is 0.526. The normalized spacial score (nSPS) is 15.3. The Bertz CT molecular complexity index is 988. The fourth-order valence-electron chi connectivity index (χ4n) is 2.71. The number of likely N-dealkylation sites (tertiary alicyclic amines) is 1. The van der Waals surface area contributed by atoms with Crippen molar-refractivity contribution >= 4 is 49.1 Å². The third-order valence-electron chi connectivity index (χ3n) is 4.23. The van der Waals surface area contributed by atoms with Crippen LogP contribution in [-0.4, -0.2) is 48.3 Å². The van der Waals surface area contributed by atoms with Crippen molar-refractivity contribution in [2.75, 3.05) is 18.8 Å². The summed E-state index contributed by atoms with van der Waals surface area (Å²) in [4.78, 5) is 18.3. The van der Waals surface area contributed by atoms with E-state index in [9.17, 15) is 13.2 Å². The van der Waals surface area contributed by atoms with Crippen molar-refractivity contribution in [3.8, 4) is 0 Å². The first kappa shape index (κ1) is 17.6. The van der Waals surface area contributed by atoms with Crippen LogP contribution in [0, 0.1) is 0 Å². The highest BCUT2D eigenvalue weighted by molar-refractivity contribution is 8.01. The van der Waals surface area contributed by atoms with Gasteiger partial charge in [-0.05, 0) is 24.3 Å². The van der Waals surface area contributed by atoms with Crippen LogP contribution in [0.25, 0.3) is 10.2 Å². The van der Waals surface area contributed by atoms with Gasteiger partial charge < -0.3 is 9.32 Å². The molecule has 1 amide bonds. The van der Waals surface area contributed by atoms with Crippen molar-refractivity contribution in [2.45, 2.75) is 15.3 Å². The average Bonchev–Trinajstić information content (AvgIpc) is 3.19. The number of benzene rings is 1. The van der Waals surface area contributed by atoms with Gasteiger partial charge in [-0.2, -0.15) is 0 Å². The number of hydrogen-bond donors (Lipinski definition) is 0. The average molecular weight is 409 g/mol. The van der Waals surface area contributed by atoms with Crippen LogP contribution in [0.4, 0.5) is 0 Å². The molecule has 2 aromatic heterocycles. The van der Waals surface area contributed by atoms with Crippen LogP contribution < -0.4 is 0 Å². The zero-order chi connectivity index (χ0) is 18.1. The number of sulfone groups is 1. The van der Waals surface area contributed by atoms with E-state index in [1.54, 1.807) is 28.4 Å². The molecule has 136 valence electrons. The number of rotatable bonds is 6. The Hall–Kier alpha value is -1.84. The highest BCUT2D eigenvalue weighted by Crippen LogP contribution is 2.30. The number of fused-ring (bicyclic) bond motifs is 1. The van der Waals surface area contributed by atoms with Crippen LogP contribution in [0.5, 0.6) is 0 Å². The van der Waals surface area contributed by atoms with Crippen molar-refractivity contribution in [3.05, 3.63) is 48.4 Å². The van der Waals surface area contributed by atoms with E-state index in [0.29, 0.717) is 5.76 Å². The summed E-state index contributed by atoms with van der Waals surface area (Å²) in [7, 11) is -3.30. The number of thiazole rings is 1. The molecule has 4 rings (SSSR count). The standard InChI is InChI=1S/C17H16N2O4S3/c20-16(10-24-17-18-14-5-1-2-6-15(14)25-17)19-8-13(9-19)26(21,22)11-12-4-3-7-23-12/h1-7,13H,8-11H2. The molecule has 0 saturated carbocycles. The molecule has 1 aliphatic heterocycles. The van der Waals surface area contributed by atoms with Crippen LogP contribution >= 0.6 is 23.1 Å². The van der Waals surface area contributed by atoms with E-state index >= 15 is 0 Å². The topological polar surface area (TPSA) is 80.5 Å². The summed E-state index contributed by atoms with van der Waals surface area (Å²) in [6.07, 6.45) is 1.46. The molecule has 0 N–H and O–H groups in total. The highest BCUT2D eigenvalue weighted by Gasteiger charge is 2.39. The van der Waals surface area contributed by atoms with Gasteiger partial charge in [0.1, 0.15) is 11.5 Å². The molecule has 0 unspecified atom stereocenters. The number of para-hydroxylation sites is 1. The summed E-state index contributed by atoms with van der Waals surface area (Å²) in [5.41, 5.74) is 0.931. The van der Waals surface area contributed by atoms with Gasteiger partial charge in [0.25, 0.3) is 0 Å². The van der Waals surface area contributed by atoms with Crippen molar-refractivity contribution in [1.82, 2.24) is 9.88 Å². The SMILES string of the molecule is O=C(CSc1nc2ccccc2s1)N1CC(S(=O)(=O)Cc2ccco2)C1. The predicted octanol–water partition coefficient (Wildman–Crippen LogP) is 2.81. The van der Waals surface area contributed by atoms with Crippen molar-refractivity contribution in [1.29, 1.82) is 0 Å². The molecule has 1 aliphatic rings. The molecule has 1 aromatic carbocycles. The summed E-state index contributed by atoms with van der Waals surface area (Å²) < 4.78 is 31.7. The first-order valence-electron chi connectivity index (χ1n) is 8.01. The van der Waals surface area contributed by atoms with Gasteiger partial charge in [-0.3, -0.25) is 4.79 Å². The maximum absolute atomic E-state index is 12.3. The van der Waals surface area contributed by atoms with Gasteiger partial charge >= 0.3 is 0 Å². The van der Waals surface area contributed by atoms with Gasteiger partial charge in [-0.1, -0.05) is 23.9 Å². The van der Waals surface area contributed by atoms with E-state index in [-0.39, 0.29) is 30.5 Å². The van der Waals surface area contributed by atoms with Gasteiger partial charge in [-0.25, -0.2) is 13.4 Å². The van der Waals surface area contributed by atoms with Crippen molar-refractivity contribution in [3.63, 3.8) is 0 Å². The zero-order valence-corrected chi connectivity index (χ0v) is 16.1. The number of carbonyl (C=O) groups excluding carboxylic acids is 1. The van der Waals surface area contributed by atoms with Gasteiger partial charge in [0, 0.05) is 13.1 Å². The molecule has 0 bridgehead atoms. The van der Waals surface area contributed by atoms with Crippen molar-refractivity contribution < 1.29 is 17.6 Å². The number of thioether (sulfide) groups is 1. The number of aromatic nitrogens is 1. The molecular weight excluding hydrogens is 392 g/mol. The maximum Gasteiger partial charge on any atom is 0.233 e. The minimum atomic E-state index is -3.30. The fourth-order valence-corrected chi connectivity index (χ4v) is 6.29. The largest absolute Gasteiger partial charge is 0.468 e. The molecule has 1 saturated heterocycles. The lowest BCUT2D eigenvalue weighted by atomic mass is 10.2. The molecule has 0 radical (unpaired) electrons. The molecule has 3 heterocycles. The van der Waals surface area contributed by atoms with E-state index in [1.807, 2.05) is 24.3 Å². The predicted molar refractivity (Wildman–Crippen MR) is 102 cm³/mol. The second kappa shape index (κ2) is 7.05. The molecular formula is C17H16N2O4S3. The van der Waals surface area contributed by atoms with Gasteiger partial charge in [0.05, 0.1) is 27.5 Å². The highest BCUT2D eigenvalue weighted by atomic mass is 32.2. The summed E-state index contributed by atoms with van der Waals surface area (Å²) in [6, 6.07) is 11.2. The van der Waals surface area contributed by atoms with Crippen LogP contribution in [0.2, 0.25) is 0 Å². The Morgan fingerprint density at radius 1 is 1.27 bits per heavy atom. The van der Waals surface area contributed by atoms with Crippen LogP contribution in [0.15, 0.2) is 51.4 Å². The lowest BCUT2D eigenvalue weighted by molar-refractivity contribution is -0.131. The molecule has 3 aromatic rings. The second-order valence-corrected chi connectivity index (χ2v) is 10.6. The van der Waals surface area contributed by atoms with Gasteiger partial charge in [0.2, 0.25) is 5.91 Å². The zero-order valence-electron chi connectivity index (χ0n) is 13.7. The number of nitrogens with zero attached hydrogens (tertiary/aromatic N) is 2. The fraction of sp³-hybridized carbons (Fsp3) is 0.294. The Morgan fingerprint density at radius 2 is 2.08 bits per heavy atom. The first-order valence-corrected chi connectivity index (χ1v) is 11.5. The molecule has 0 atom stereocenters. The Balaban J connectivity index is 1.29. The summed E-state index contributed by atoms with van der Waals surface area (Å²) in [6.45, 7) is 0.505. The molecule has 9 heteroatoms. The van der Waals surface area contributed by atoms with E-state index in [2.05, 4.69) is 4.98 Å². The van der Waals surface area contributed by atoms with E-state index in [0.717, 1.165) is 14.6 Å². The lowest BCUT2D eigenvalue weighted by Crippen LogP contribution is -2.57. The molecule has 0 aliphatic carbocycles. The Morgan fingerprint density at radius 3 is 2.81 bits per heavy atom. The van der Waals surface area contributed by atoms with Gasteiger partial charge in [-0.15, -0.1) is 11.3 Å². The van der Waals surface area contributed by atoms with Crippen LogP contribution in [0.1, 0.15) is 5.76 Å². The molecule has 6 nitrogen and oxygen atoms in total. The third kappa shape index (κ3) is 3.65. The quantitative estimate of drug-likeness (QED) is 0.584. The molecule has 26 heavy (non-hydrogen) atoms. The molecule has 0 spiro atoms. The second-order valence-electron chi connectivity index (χ2n) is 6.04. The van der Waals surface area contributed by atoms with Crippen LogP contribution in [-0.2, 0) is 20.4 Å². The lowest BCUT2D eigenvalue weighted by Gasteiger charge is -2.38. The van der Waals surface area contributed by atoms with Crippen molar-refractivity contribution in [2.24, 2.45) is 0 Å². The number of carbonyl (C=O) groups is 1. The minimum Gasteiger partial charge on any atom is -0.468 e. The molecule has 1 fully saturated rings. The summed E-state index contributed by atoms with van der Waals surface area (Å²) >= 11 is 2.95. The van der Waals surface area contributed by atoms with E-state index in [4.69, 9.17) is 4.42 Å². The number of furan rings is 1. The maximum atomic E-state index is 12.3. The smallest absolute Gasteiger partial charge is 0.233 e. The monoisotopic (exact) mass is 408 g/mol. The van der Waals surface area contributed by atoms with E-state index < -0.39 is 15.1 Å². The Labute approximate surface area is 159 Å². The first-order chi connectivity index (χ1) is 12.5. The third-order valence-corrected chi connectivity index (χ3v) is 8.39. The van der Waals surface area contributed by atoms with E-state index in [1.165, 1.54) is 18.0 Å². The Kier molecular flexibility index (Phi) is 4.76. The minimum absolute atomic E-state index is 0.0568.